The highest BCUT2D eigenvalue weighted by molar-refractivity contribution is 5.89. The summed E-state index contributed by atoms with van der Waals surface area (Å²) in [5, 5.41) is 2.71. The van der Waals surface area contributed by atoms with Crippen molar-refractivity contribution in [1.82, 2.24) is 19.8 Å². The number of alkyl halides is 3. The van der Waals surface area contributed by atoms with E-state index in [1.165, 1.54) is 12.1 Å². The average molecular weight is 682 g/mol. The van der Waals surface area contributed by atoms with E-state index in [4.69, 9.17) is 4.74 Å². The van der Waals surface area contributed by atoms with Crippen LogP contribution in [0.3, 0.4) is 0 Å². The lowest BCUT2D eigenvalue weighted by Crippen LogP contribution is -2.36. The first kappa shape index (κ1) is 35.6. The Morgan fingerprint density at radius 1 is 0.640 bits per heavy atom. The summed E-state index contributed by atoms with van der Waals surface area (Å²) in [6.45, 7) is 6.70. The fourth-order valence-corrected chi connectivity index (χ4v) is 5.13. The molecule has 0 bridgehead atoms. The van der Waals surface area contributed by atoms with E-state index in [0.29, 0.717) is 13.1 Å². The van der Waals surface area contributed by atoms with E-state index < -0.39 is 29.5 Å². The van der Waals surface area contributed by atoms with Crippen molar-refractivity contribution in [1.29, 1.82) is 0 Å². The summed E-state index contributed by atoms with van der Waals surface area (Å²) in [5.41, 5.74) is 4.27. The number of benzene rings is 3. The number of amides is 3. The second-order valence-electron chi connectivity index (χ2n) is 12.8. The van der Waals surface area contributed by atoms with Crippen LogP contribution < -0.4 is 5.32 Å². The number of nitrogens with one attached hydrogen (secondary N) is 1. The highest BCUT2D eigenvalue weighted by Gasteiger charge is 2.30. The van der Waals surface area contributed by atoms with Crippen LogP contribution >= 0.6 is 0 Å². The Kier molecular flexibility index (Phi) is 11.2. The van der Waals surface area contributed by atoms with Crippen molar-refractivity contribution in [3.8, 4) is 11.1 Å². The Labute approximate surface area is 289 Å². The largest absolute Gasteiger partial charge is 0.444 e. The third-order valence-corrected chi connectivity index (χ3v) is 7.58. The van der Waals surface area contributed by atoms with Gasteiger partial charge in [-0.25, -0.2) is 9.59 Å². The number of anilines is 1. The van der Waals surface area contributed by atoms with Gasteiger partial charge >= 0.3 is 18.3 Å². The minimum Gasteiger partial charge on any atom is -0.444 e. The summed E-state index contributed by atoms with van der Waals surface area (Å²) in [5.74, 6) is 0. The molecule has 5 aromatic rings. The molecule has 0 spiro atoms. The topological polar surface area (TPSA) is 87.7 Å². The van der Waals surface area contributed by atoms with Gasteiger partial charge in [0.25, 0.3) is 0 Å². The van der Waals surface area contributed by atoms with Crippen molar-refractivity contribution in [2.24, 2.45) is 0 Å². The van der Waals surface area contributed by atoms with E-state index in [2.05, 4.69) is 15.3 Å². The smallest absolute Gasteiger partial charge is 0.416 e. The SMILES string of the molecule is CC(C)(C)OC(=O)N(Cc1ccc(-c2ccc(CN(Cc3cccnc3)C(=O)Nc3ccc(C(F)(F)F)cc3)cc2)cc1)Cc1cccnc1. The number of carbonyl (C=O) groups excluding carboxylic acids is 2. The molecule has 1 N–H and O–H groups in total. The predicted octanol–water partition coefficient (Wildman–Crippen LogP) is 9.33. The molecule has 0 saturated carbocycles. The van der Waals surface area contributed by atoms with Gasteiger partial charge in [-0.05, 0) is 90.6 Å². The molecule has 0 saturated heterocycles. The van der Waals surface area contributed by atoms with Crippen molar-refractivity contribution >= 4 is 17.8 Å². The lowest BCUT2D eigenvalue weighted by molar-refractivity contribution is -0.137. The van der Waals surface area contributed by atoms with Crippen LogP contribution in [0.4, 0.5) is 28.4 Å². The van der Waals surface area contributed by atoms with Crippen LogP contribution in [0.15, 0.2) is 122 Å². The number of urea groups is 1. The molecule has 2 heterocycles. The van der Waals surface area contributed by atoms with Gasteiger partial charge in [0.2, 0.25) is 0 Å². The van der Waals surface area contributed by atoms with Crippen LogP contribution in [-0.2, 0) is 37.1 Å². The van der Waals surface area contributed by atoms with Gasteiger partial charge in [0, 0.05) is 50.1 Å². The summed E-state index contributed by atoms with van der Waals surface area (Å²) in [6, 6.07) is 27.0. The van der Waals surface area contributed by atoms with Gasteiger partial charge < -0.3 is 15.0 Å². The Hall–Kier alpha value is -5.71. The minimum absolute atomic E-state index is 0.241. The zero-order valence-corrected chi connectivity index (χ0v) is 28.0. The van der Waals surface area contributed by atoms with Crippen LogP contribution in [0.1, 0.15) is 48.6 Å². The Bertz CT molecular complexity index is 1850. The van der Waals surface area contributed by atoms with Gasteiger partial charge in [-0.1, -0.05) is 60.7 Å². The fraction of sp³-hybridized carbons (Fsp3) is 0.231. The summed E-state index contributed by atoms with van der Waals surface area (Å²) < 4.78 is 44.7. The van der Waals surface area contributed by atoms with Crippen LogP contribution in [0.2, 0.25) is 0 Å². The molecule has 0 radical (unpaired) electrons. The summed E-state index contributed by atoms with van der Waals surface area (Å²) >= 11 is 0. The van der Waals surface area contributed by atoms with Crippen molar-refractivity contribution in [3.05, 3.63) is 150 Å². The molecule has 0 aliphatic heterocycles. The molecule has 5 rings (SSSR count). The number of halogens is 3. The number of hydrogen-bond acceptors (Lipinski definition) is 5. The molecule has 3 amide bonds. The van der Waals surface area contributed by atoms with Crippen molar-refractivity contribution < 1.29 is 27.5 Å². The number of rotatable bonds is 10. The molecule has 0 unspecified atom stereocenters. The van der Waals surface area contributed by atoms with Crippen LogP contribution in [0.25, 0.3) is 11.1 Å². The molecule has 0 aliphatic carbocycles. The molecule has 0 fully saturated rings. The monoisotopic (exact) mass is 681 g/mol. The van der Waals surface area contributed by atoms with Gasteiger partial charge in [-0.15, -0.1) is 0 Å². The van der Waals surface area contributed by atoms with E-state index in [1.807, 2.05) is 87.5 Å². The van der Waals surface area contributed by atoms with Crippen molar-refractivity contribution in [2.45, 2.75) is 58.7 Å². The molecule has 11 heteroatoms. The maximum absolute atomic E-state index is 13.3. The maximum atomic E-state index is 13.3. The molecule has 50 heavy (non-hydrogen) atoms. The van der Waals surface area contributed by atoms with Gasteiger partial charge in [-0.2, -0.15) is 13.2 Å². The predicted molar refractivity (Wildman–Crippen MR) is 186 cm³/mol. The Balaban J connectivity index is 1.27. The third-order valence-electron chi connectivity index (χ3n) is 7.58. The lowest BCUT2D eigenvalue weighted by atomic mass is 10.0. The van der Waals surface area contributed by atoms with E-state index in [0.717, 1.165) is 45.5 Å². The highest BCUT2D eigenvalue weighted by Crippen LogP contribution is 2.30. The average Bonchev–Trinajstić information content (AvgIpc) is 3.08. The first-order valence-electron chi connectivity index (χ1n) is 16.0. The number of ether oxygens (including phenoxy) is 1. The summed E-state index contributed by atoms with van der Waals surface area (Å²) in [4.78, 5) is 37.9. The fourth-order valence-electron chi connectivity index (χ4n) is 5.13. The standard InChI is InChI=1S/C39H38F3N5O3/c1-38(2,3)50-37(49)47(27-31-7-5-21-44-23-31)25-29-10-14-33(15-11-29)32-12-8-28(9-13-32)24-46(26-30-6-4-20-43-22-30)36(48)45-35-18-16-34(17-19-35)39(40,41)42/h4-23H,24-27H2,1-3H3,(H,45,48). The van der Waals surface area contributed by atoms with Crippen LogP contribution in [-0.4, -0.2) is 37.5 Å². The molecule has 2 aromatic heterocycles. The van der Waals surface area contributed by atoms with E-state index in [9.17, 15) is 22.8 Å². The summed E-state index contributed by atoms with van der Waals surface area (Å²) in [6.07, 6.45) is 1.85. The molecule has 0 atom stereocenters. The van der Waals surface area contributed by atoms with Crippen LogP contribution in [0, 0.1) is 0 Å². The minimum atomic E-state index is -4.47. The normalized spacial score (nSPS) is 11.5. The molecule has 8 nitrogen and oxygen atoms in total. The van der Waals surface area contributed by atoms with Gasteiger partial charge in [0.1, 0.15) is 5.60 Å². The molecule has 0 aliphatic rings. The second-order valence-corrected chi connectivity index (χ2v) is 12.8. The van der Waals surface area contributed by atoms with E-state index >= 15 is 0 Å². The lowest BCUT2D eigenvalue weighted by Gasteiger charge is -2.27. The zero-order valence-electron chi connectivity index (χ0n) is 28.0. The van der Waals surface area contributed by atoms with Gasteiger partial charge in [-0.3, -0.25) is 14.9 Å². The number of hydrogen-bond donors (Lipinski definition) is 1. The first-order chi connectivity index (χ1) is 23.8. The number of carbonyl (C=O) groups is 2. The van der Waals surface area contributed by atoms with Gasteiger partial charge in [0.05, 0.1) is 12.1 Å². The Morgan fingerprint density at radius 2 is 1.10 bits per heavy atom. The Morgan fingerprint density at radius 3 is 1.54 bits per heavy atom. The maximum Gasteiger partial charge on any atom is 0.416 e. The third kappa shape index (κ3) is 10.4. The van der Waals surface area contributed by atoms with Crippen molar-refractivity contribution in [3.63, 3.8) is 0 Å². The first-order valence-corrected chi connectivity index (χ1v) is 16.0. The van der Waals surface area contributed by atoms with E-state index in [1.54, 1.807) is 40.7 Å². The molecule has 3 aromatic carbocycles. The highest BCUT2D eigenvalue weighted by atomic mass is 19.4. The summed E-state index contributed by atoms with van der Waals surface area (Å²) in [7, 11) is 0. The zero-order chi connectivity index (χ0) is 35.7. The van der Waals surface area contributed by atoms with Gasteiger partial charge in [0.15, 0.2) is 0 Å². The van der Waals surface area contributed by atoms with Crippen LogP contribution in [0.5, 0.6) is 0 Å². The second kappa shape index (κ2) is 15.7. The molecular weight excluding hydrogens is 643 g/mol. The molecular formula is C39H38F3N5O3. The number of aromatic nitrogens is 2. The quantitative estimate of drug-likeness (QED) is 0.159. The number of pyridine rings is 2. The van der Waals surface area contributed by atoms with Crippen molar-refractivity contribution in [2.75, 3.05) is 5.32 Å². The van der Waals surface area contributed by atoms with E-state index in [-0.39, 0.29) is 18.8 Å². The molecule has 258 valence electrons. The number of nitrogens with zero attached hydrogens (tertiary/aromatic N) is 4.